The van der Waals surface area contributed by atoms with Gasteiger partial charge in [0.1, 0.15) is 23.0 Å². The van der Waals surface area contributed by atoms with Crippen LogP contribution in [0.1, 0.15) is 11.4 Å². The Morgan fingerprint density at radius 3 is 1.51 bits per heavy atom. The van der Waals surface area contributed by atoms with Crippen molar-refractivity contribution >= 4 is 23.8 Å². The summed E-state index contributed by atoms with van der Waals surface area (Å²) < 4.78 is 12.9. The normalized spacial score (nSPS) is 13.2. The van der Waals surface area contributed by atoms with Crippen LogP contribution in [0.25, 0.3) is 22.3 Å². The Morgan fingerprint density at radius 2 is 1.03 bits per heavy atom. The molecule has 0 atom stereocenters. The van der Waals surface area contributed by atoms with Crippen molar-refractivity contribution in [2.24, 2.45) is 0 Å². The van der Waals surface area contributed by atoms with E-state index in [1.54, 1.807) is 0 Å². The van der Waals surface area contributed by atoms with E-state index in [0.717, 1.165) is 61.9 Å². The molecule has 2 aliphatic heterocycles. The number of aromatic nitrogens is 2. The number of ether oxygens (including phenoxy) is 2. The van der Waals surface area contributed by atoms with Gasteiger partial charge in [0.2, 0.25) is 0 Å². The van der Waals surface area contributed by atoms with E-state index in [0.29, 0.717) is 0 Å². The lowest BCUT2D eigenvalue weighted by molar-refractivity contribution is 0.467. The van der Waals surface area contributed by atoms with E-state index in [9.17, 15) is 0 Å². The maximum atomic E-state index is 6.45. The summed E-state index contributed by atoms with van der Waals surface area (Å²) in [6, 6.07) is 27.5. The van der Waals surface area contributed by atoms with Crippen molar-refractivity contribution in [2.45, 2.75) is 13.8 Å². The number of hydrogen-bond acceptors (Lipinski definition) is 4. The number of aryl methyl sites for hydroxylation is 2. The van der Waals surface area contributed by atoms with E-state index in [4.69, 9.17) is 9.47 Å². The standard InChI is InChI=1S/C30H21N2O2P/c1-18-14-22(10-12-31-18)20-6-8-28-26(16-20)33-24-4-3-5-25-30(24)35(28)29-9-7-21(17-27(29)34-25)23-11-13-32-19(2)15-23/h3-17H,1-2H3. The Bertz CT molecular complexity index is 1530. The summed E-state index contributed by atoms with van der Waals surface area (Å²) in [7, 11) is -0.801. The average Bonchev–Trinajstić information content (AvgIpc) is 2.88. The third kappa shape index (κ3) is 3.33. The summed E-state index contributed by atoms with van der Waals surface area (Å²) in [5.41, 5.74) is 6.53. The van der Waals surface area contributed by atoms with Gasteiger partial charge >= 0.3 is 0 Å². The number of fused-ring (bicyclic) bond motifs is 4. The minimum absolute atomic E-state index is 0.801. The van der Waals surface area contributed by atoms with Crippen LogP contribution in [0.15, 0.2) is 91.3 Å². The van der Waals surface area contributed by atoms with Gasteiger partial charge in [-0.2, -0.15) is 0 Å². The van der Waals surface area contributed by atoms with Crippen LogP contribution in [0.4, 0.5) is 0 Å². The lowest BCUT2D eigenvalue weighted by atomic mass is 10.1. The van der Waals surface area contributed by atoms with E-state index in [1.807, 2.05) is 56.6 Å². The Balaban J connectivity index is 1.38. The highest BCUT2D eigenvalue weighted by Gasteiger charge is 2.37. The predicted molar refractivity (Wildman–Crippen MR) is 141 cm³/mol. The molecule has 2 aromatic heterocycles. The Morgan fingerprint density at radius 1 is 0.543 bits per heavy atom. The third-order valence-corrected chi connectivity index (χ3v) is 9.08. The largest absolute Gasteiger partial charge is 0.456 e. The van der Waals surface area contributed by atoms with Gasteiger partial charge in [-0.15, -0.1) is 0 Å². The Hall–Kier alpha value is -4.01. The summed E-state index contributed by atoms with van der Waals surface area (Å²) in [6.45, 7) is 4.03. The minimum Gasteiger partial charge on any atom is -0.456 e. The molecule has 7 rings (SSSR count). The van der Waals surface area contributed by atoms with Crippen molar-refractivity contribution in [1.82, 2.24) is 9.97 Å². The fourth-order valence-electron chi connectivity index (χ4n) is 4.87. The molecule has 0 radical (unpaired) electrons. The average molecular weight is 472 g/mol. The summed E-state index contributed by atoms with van der Waals surface area (Å²) in [6.07, 6.45) is 3.71. The zero-order valence-electron chi connectivity index (χ0n) is 19.3. The van der Waals surface area contributed by atoms with Gasteiger partial charge in [-0.25, -0.2) is 0 Å². The smallest absolute Gasteiger partial charge is 0.139 e. The van der Waals surface area contributed by atoms with E-state index in [-0.39, 0.29) is 0 Å². The van der Waals surface area contributed by atoms with Gasteiger partial charge in [-0.1, -0.05) is 18.2 Å². The van der Waals surface area contributed by atoms with Crippen molar-refractivity contribution in [3.8, 4) is 45.3 Å². The zero-order chi connectivity index (χ0) is 23.5. The fraction of sp³-hybridized carbons (Fsp3) is 0.0667. The lowest BCUT2D eigenvalue weighted by Gasteiger charge is -2.34. The molecular formula is C30H21N2O2P. The van der Waals surface area contributed by atoms with Crippen LogP contribution in [0.2, 0.25) is 0 Å². The van der Waals surface area contributed by atoms with Gasteiger partial charge in [0, 0.05) is 42.3 Å². The molecule has 0 bridgehead atoms. The molecule has 3 aromatic carbocycles. The molecule has 0 aliphatic carbocycles. The molecule has 168 valence electrons. The first-order valence-corrected chi connectivity index (χ1v) is 12.9. The maximum absolute atomic E-state index is 6.45. The second-order valence-electron chi connectivity index (χ2n) is 8.88. The van der Waals surface area contributed by atoms with Gasteiger partial charge < -0.3 is 9.47 Å². The second-order valence-corrected chi connectivity index (χ2v) is 11.0. The molecule has 0 saturated carbocycles. The van der Waals surface area contributed by atoms with Crippen LogP contribution in [-0.2, 0) is 0 Å². The van der Waals surface area contributed by atoms with E-state index >= 15 is 0 Å². The van der Waals surface area contributed by atoms with Crippen molar-refractivity contribution in [2.75, 3.05) is 0 Å². The monoisotopic (exact) mass is 472 g/mol. The number of pyridine rings is 2. The number of benzene rings is 3. The highest BCUT2D eigenvalue weighted by atomic mass is 31.1. The van der Waals surface area contributed by atoms with Crippen LogP contribution < -0.4 is 25.4 Å². The topological polar surface area (TPSA) is 44.2 Å². The molecule has 2 aliphatic rings. The first kappa shape index (κ1) is 20.4. The van der Waals surface area contributed by atoms with Crippen molar-refractivity contribution in [3.63, 3.8) is 0 Å². The quantitative estimate of drug-likeness (QED) is 0.273. The predicted octanol–water partition coefficient (Wildman–Crippen LogP) is 6.40. The highest BCUT2D eigenvalue weighted by Crippen LogP contribution is 2.53. The van der Waals surface area contributed by atoms with E-state index in [1.165, 1.54) is 10.6 Å². The van der Waals surface area contributed by atoms with Gasteiger partial charge in [0.25, 0.3) is 0 Å². The Kier molecular flexibility index (Phi) is 4.52. The molecule has 0 N–H and O–H groups in total. The first-order valence-electron chi connectivity index (χ1n) is 11.6. The zero-order valence-corrected chi connectivity index (χ0v) is 20.2. The SMILES string of the molecule is Cc1cc(-c2ccc3c(c2)Oc2cccc4c2P3c2ccc(-c3ccnc(C)c3)cc2O4)ccn1. The van der Waals surface area contributed by atoms with Gasteiger partial charge in [0.05, 0.1) is 5.30 Å². The first-order chi connectivity index (χ1) is 17.1. The van der Waals surface area contributed by atoms with Crippen LogP contribution in [0, 0.1) is 13.8 Å². The molecule has 4 heterocycles. The van der Waals surface area contributed by atoms with Crippen molar-refractivity contribution in [1.29, 1.82) is 0 Å². The number of nitrogens with zero attached hydrogens (tertiary/aromatic N) is 2. The highest BCUT2D eigenvalue weighted by molar-refractivity contribution is 7.80. The molecule has 0 amide bonds. The molecule has 5 aromatic rings. The van der Waals surface area contributed by atoms with E-state index < -0.39 is 7.92 Å². The van der Waals surface area contributed by atoms with E-state index in [2.05, 4.69) is 58.5 Å². The maximum Gasteiger partial charge on any atom is 0.139 e. The van der Waals surface area contributed by atoms with Gasteiger partial charge in [0.15, 0.2) is 0 Å². The summed E-state index contributed by atoms with van der Waals surface area (Å²) in [5, 5.41) is 3.58. The lowest BCUT2D eigenvalue weighted by Crippen LogP contribution is -2.31. The molecule has 35 heavy (non-hydrogen) atoms. The summed E-state index contributed by atoms with van der Waals surface area (Å²) in [5.74, 6) is 3.58. The van der Waals surface area contributed by atoms with Crippen molar-refractivity contribution in [3.05, 3.63) is 103 Å². The second kappa shape index (κ2) is 7.76. The summed E-state index contributed by atoms with van der Waals surface area (Å²) >= 11 is 0. The van der Waals surface area contributed by atoms with Crippen molar-refractivity contribution < 1.29 is 9.47 Å². The minimum atomic E-state index is -0.801. The van der Waals surface area contributed by atoms with Crippen LogP contribution in [0.3, 0.4) is 0 Å². The van der Waals surface area contributed by atoms with Crippen LogP contribution >= 0.6 is 7.92 Å². The molecule has 0 saturated heterocycles. The van der Waals surface area contributed by atoms with Crippen LogP contribution in [-0.4, -0.2) is 9.97 Å². The molecule has 0 spiro atoms. The molecule has 0 fully saturated rings. The number of hydrogen-bond donors (Lipinski definition) is 0. The molecule has 4 nitrogen and oxygen atoms in total. The molecular weight excluding hydrogens is 451 g/mol. The summed E-state index contributed by atoms with van der Waals surface area (Å²) in [4.78, 5) is 8.68. The van der Waals surface area contributed by atoms with Gasteiger partial charge in [-0.3, -0.25) is 9.97 Å². The third-order valence-electron chi connectivity index (χ3n) is 6.49. The van der Waals surface area contributed by atoms with Crippen LogP contribution in [0.5, 0.6) is 23.0 Å². The fourth-order valence-corrected chi connectivity index (χ4v) is 7.40. The number of rotatable bonds is 2. The van der Waals surface area contributed by atoms with Gasteiger partial charge in [-0.05, 0) is 96.8 Å². The molecule has 5 heteroatoms. The Labute approximate surface area is 205 Å². The molecule has 0 unspecified atom stereocenters.